The lowest BCUT2D eigenvalue weighted by atomic mass is 9.82. The lowest BCUT2D eigenvalue weighted by Crippen LogP contribution is -2.59. The molecule has 2 fully saturated rings. The Hall–Kier alpha value is -0.200. The van der Waals surface area contributed by atoms with Gasteiger partial charge in [-0.2, -0.15) is 0 Å². The Morgan fingerprint density at radius 3 is 2.42 bits per heavy atom. The van der Waals surface area contributed by atoms with Crippen LogP contribution in [-0.2, 0) is 0 Å². The third-order valence-electron chi connectivity index (χ3n) is 3.05. The van der Waals surface area contributed by atoms with E-state index < -0.39 is 23.9 Å². The second-order valence-corrected chi connectivity index (χ2v) is 3.64. The Morgan fingerprint density at radius 1 is 1.33 bits per heavy atom. The molecule has 12 heavy (non-hydrogen) atoms. The molecule has 0 amide bonds. The molecule has 2 aliphatic heterocycles. The molecule has 2 aliphatic rings. The standard InChI is InChI=1S/C7H13NO4/c9-2-7-4(10)1-3(8-7)5(11)6(7)12/h3-6,8-12H,1-2H2/t3-,4+,5-,6+,7+/m0/s1. The molecule has 2 saturated heterocycles. The average Bonchev–Trinajstić information content (AvgIpc) is 2.50. The van der Waals surface area contributed by atoms with E-state index in [0.717, 1.165) is 0 Å². The van der Waals surface area contributed by atoms with Gasteiger partial charge in [0.1, 0.15) is 6.10 Å². The fourth-order valence-corrected chi connectivity index (χ4v) is 2.23. The van der Waals surface area contributed by atoms with E-state index in [1.807, 2.05) is 0 Å². The van der Waals surface area contributed by atoms with Crippen molar-refractivity contribution in [1.29, 1.82) is 0 Å². The first kappa shape index (κ1) is 8.40. The Labute approximate surface area is 69.6 Å². The molecule has 0 saturated carbocycles. The van der Waals surface area contributed by atoms with Crippen LogP contribution in [0.3, 0.4) is 0 Å². The smallest absolute Gasteiger partial charge is 0.104 e. The van der Waals surface area contributed by atoms with Crippen LogP contribution in [-0.4, -0.2) is 56.9 Å². The number of nitrogens with one attached hydrogen (secondary N) is 1. The molecule has 0 unspecified atom stereocenters. The van der Waals surface area contributed by atoms with Gasteiger partial charge in [0.05, 0.1) is 24.4 Å². The number of rotatable bonds is 1. The van der Waals surface area contributed by atoms with Crippen LogP contribution in [0.15, 0.2) is 0 Å². The Kier molecular flexibility index (Phi) is 1.68. The van der Waals surface area contributed by atoms with Gasteiger partial charge < -0.3 is 20.4 Å². The van der Waals surface area contributed by atoms with E-state index in [9.17, 15) is 15.3 Å². The molecule has 5 nitrogen and oxygen atoms in total. The molecule has 0 spiro atoms. The lowest BCUT2D eigenvalue weighted by molar-refractivity contribution is -0.0802. The van der Waals surface area contributed by atoms with Crippen molar-refractivity contribution < 1.29 is 20.4 Å². The minimum absolute atomic E-state index is 0.290. The summed E-state index contributed by atoms with van der Waals surface area (Å²) < 4.78 is 0. The van der Waals surface area contributed by atoms with Crippen LogP contribution in [0.2, 0.25) is 0 Å². The van der Waals surface area contributed by atoms with Crippen molar-refractivity contribution in [1.82, 2.24) is 5.32 Å². The highest BCUT2D eigenvalue weighted by atomic mass is 16.3. The van der Waals surface area contributed by atoms with Crippen molar-refractivity contribution >= 4 is 0 Å². The summed E-state index contributed by atoms with van der Waals surface area (Å²) in [5.41, 5.74) is -1.09. The summed E-state index contributed by atoms with van der Waals surface area (Å²) in [6, 6.07) is -0.290. The number of hydrogen-bond donors (Lipinski definition) is 5. The molecule has 0 aromatic carbocycles. The highest BCUT2D eigenvalue weighted by Crippen LogP contribution is 2.37. The molecule has 0 aromatic rings. The van der Waals surface area contributed by atoms with E-state index >= 15 is 0 Å². The van der Waals surface area contributed by atoms with Crippen LogP contribution in [0.5, 0.6) is 0 Å². The molecule has 0 aromatic heterocycles. The SMILES string of the molecule is OC[C@@]12N[C@@H](C[C@H]1O)[C@H](O)[C@H]2O. The van der Waals surface area contributed by atoms with Gasteiger partial charge in [-0.1, -0.05) is 0 Å². The maximum absolute atomic E-state index is 9.48. The summed E-state index contributed by atoms with van der Waals surface area (Å²) in [5.74, 6) is 0. The third kappa shape index (κ3) is 0.750. The third-order valence-corrected chi connectivity index (χ3v) is 3.05. The van der Waals surface area contributed by atoms with Gasteiger partial charge >= 0.3 is 0 Å². The molecular weight excluding hydrogens is 162 g/mol. The second-order valence-electron chi connectivity index (χ2n) is 3.64. The van der Waals surface area contributed by atoms with E-state index in [4.69, 9.17) is 5.11 Å². The molecule has 70 valence electrons. The molecule has 5 N–H and O–H groups in total. The van der Waals surface area contributed by atoms with Gasteiger partial charge in [0.25, 0.3) is 0 Å². The monoisotopic (exact) mass is 175 g/mol. The maximum Gasteiger partial charge on any atom is 0.104 e. The van der Waals surface area contributed by atoms with Crippen LogP contribution in [0, 0.1) is 0 Å². The molecular formula is C7H13NO4. The molecule has 5 atom stereocenters. The van der Waals surface area contributed by atoms with E-state index in [-0.39, 0.29) is 12.6 Å². The zero-order valence-electron chi connectivity index (χ0n) is 6.51. The average molecular weight is 175 g/mol. The van der Waals surface area contributed by atoms with E-state index in [0.29, 0.717) is 6.42 Å². The first-order valence-electron chi connectivity index (χ1n) is 4.04. The Bertz CT molecular complexity index is 200. The topological polar surface area (TPSA) is 93.0 Å². The summed E-state index contributed by atoms with van der Waals surface area (Å²) >= 11 is 0. The molecule has 0 radical (unpaired) electrons. The maximum atomic E-state index is 9.48. The summed E-state index contributed by atoms with van der Waals surface area (Å²) in [6.45, 7) is -0.358. The van der Waals surface area contributed by atoms with Crippen molar-refractivity contribution in [2.45, 2.75) is 36.3 Å². The van der Waals surface area contributed by atoms with Gasteiger partial charge in [-0.05, 0) is 6.42 Å². The largest absolute Gasteiger partial charge is 0.394 e. The number of aliphatic hydroxyl groups excluding tert-OH is 4. The van der Waals surface area contributed by atoms with Gasteiger partial charge in [0, 0.05) is 6.04 Å². The molecule has 5 heteroatoms. The summed E-state index contributed by atoms with van der Waals surface area (Å²) in [6.07, 6.45) is -2.33. The Morgan fingerprint density at radius 2 is 2.00 bits per heavy atom. The minimum atomic E-state index is -1.09. The zero-order chi connectivity index (χ0) is 8.93. The van der Waals surface area contributed by atoms with E-state index in [1.54, 1.807) is 0 Å². The fourth-order valence-electron chi connectivity index (χ4n) is 2.23. The first-order chi connectivity index (χ1) is 5.62. The van der Waals surface area contributed by atoms with Crippen LogP contribution in [0.25, 0.3) is 0 Å². The van der Waals surface area contributed by atoms with Crippen LogP contribution in [0.4, 0.5) is 0 Å². The van der Waals surface area contributed by atoms with E-state index in [1.165, 1.54) is 0 Å². The Balaban J connectivity index is 2.29. The molecule has 2 rings (SSSR count). The zero-order valence-corrected chi connectivity index (χ0v) is 6.51. The lowest BCUT2D eigenvalue weighted by Gasteiger charge is -2.34. The van der Waals surface area contributed by atoms with Crippen molar-refractivity contribution in [2.75, 3.05) is 6.61 Å². The van der Waals surface area contributed by atoms with Gasteiger partial charge in [0.15, 0.2) is 0 Å². The van der Waals surface area contributed by atoms with Crippen LogP contribution < -0.4 is 5.32 Å². The van der Waals surface area contributed by atoms with Gasteiger partial charge in [-0.3, -0.25) is 5.32 Å². The van der Waals surface area contributed by atoms with Gasteiger partial charge in [-0.25, -0.2) is 0 Å². The molecule has 2 bridgehead atoms. The van der Waals surface area contributed by atoms with Gasteiger partial charge in [-0.15, -0.1) is 0 Å². The number of hydrogen-bond acceptors (Lipinski definition) is 5. The van der Waals surface area contributed by atoms with Crippen molar-refractivity contribution in [3.8, 4) is 0 Å². The predicted octanol–water partition coefficient (Wildman–Crippen LogP) is -2.82. The van der Waals surface area contributed by atoms with Crippen molar-refractivity contribution in [2.24, 2.45) is 0 Å². The summed E-state index contributed by atoms with van der Waals surface area (Å²) in [5, 5.41) is 40.2. The van der Waals surface area contributed by atoms with Crippen molar-refractivity contribution in [3.63, 3.8) is 0 Å². The molecule has 0 aliphatic carbocycles. The molecule has 2 heterocycles. The summed E-state index contributed by atoms with van der Waals surface area (Å²) in [7, 11) is 0. The van der Waals surface area contributed by atoms with E-state index in [2.05, 4.69) is 5.32 Å². The quantitative estimate of drug-likeness (QED) is 0.296. The second kappa shape index (κ2) is 2.40. The first-order valence-corrected chi connectivity index (χ1v) is 4.04. The predicted molar refractivity (Wildman–Crippen MR) is 39.4 cm³/mol. The van der Waals surface area contributed by atoms with Crippen molar-refractivity contribution in [3.05, 3.63) is 0 Å². The highest BCUT2D eigenvalue weighted by Gasteiger charge is 2.61. The highest BCUT2D eigenvalue weighted by molar-refractivity contribution is 5.19. The fraction of sp³-hybridized carbons (Fsp3) is 1.00. The normalized spacial score (nSPS) is 58.0. The number of aliphatic hydroxyl groups is 4. The number of fused-ring (bicyclic) bond motifs is 2. The van der Waals surface area contributed by atoms with Crippen LogP contribution >= 0.6 is 0 Å². The van der Waals surface area contributed by atoms with Gasteiger partial charge in [0.2, 0.25) is 0 Å². The summed E-state index contributed by atoms with van der Waals surface area (Å²) in [4.78, 5) is 0. The minimum Gasteiger partial charge on any atom is -0.394 e. The van der Waals surface area contributed by atoms with Crippen LogP contribution in [0.1, 0.15) is 6.42 Å².